The highest BCUT2D eigenvalue weighted by atomic mass is 19.1. The van der Waals surface area contributed by atoms with E-state index in [1.165, 1.54) is 24.5 Å². The van der Waals surface area contributed by atoms with E-state index in [0.29, 0.717) is 23.9 Å². The summed E-state index contributed by atoms with van der Waals surface area (Å²) in [5.41, 5.74) is -0.296. The normalized spacial score (nSPS) is 15.7. The Morgan fingerprint density at radius 3 is 2.96 bits per heavy atom. The molecule has 138 valence electrons. The van der Waals surface area contributed by atoms with Crippen LogP contribution in [0.5, 0.6) is 0 Å². The zero-order valence-electron chi connectivity index (χ0n) is 14.0. The first-order valence-corrected chi connectivity index (χ1v) is 8.28. The van der Waals surface area contributed by atoms with E-state index < -0.39 is 41.4 Å². The smallest absolute Gasteiger partial charge is 0.329 e. The largest absolute Gasteiger partial charge is 0.348 e. The lowest BCUT2D eigenvalue weighted by Gasteiger charge is -2.15. The number of hydrogen-bond donors (Lipinski definition) is 2. The summed E-state index contributed by atoms with van der Waals surface area (Å²) in [4.78, 5) is 43.3. The van der Waals surface area contributed by atoms with E-state index in [4.69, 9.17) is 0 Å². The van der Waals surface area contributed by atoms with E-state index in [1.807, 2.05) is 0 Å². The molecule has 1 amide bonds. The summed E-state index contributed by atoms with van der Waals surface area (Å²) in [5, 5.41) is 2.80. The number of carbonyl (C=O) groups excluding carboxylic acids is 1. The third-order valence-corrected chi connectivity index (χ3v) is 4.65. The zero-order chi connectivity index (χ0) is 19.1. The first kappa shape index (κ1) is 17.1. The molecule has 1 atom stereocenters. The summed E-state index contributed by atoms with van der Waals surface area (Å²) in [6, 6.07) is 2.87. The number of hydrogen-bond acceptors (Lipinski definition) is 4. The molecule has 0 radical (unpaired) electrons. The molecule has 0 aliphatic heterocycles. The Morgan fingerprint density at radius 2 is 2.15 bits per heavy atom. The molecular weight excluding hydrogens is 358 g/mol. The molecule has 0 saturated heterocycles. The minimum atomic E-state index is -0.728. The Labute approximate surface area is 150 Å². The van der Waals surface area contributed by atoms with Gasteiger partial charge in [-0.15, -0.1) is 0 Å². The molecule has 3 aromatic rings. The lowest BCUT2D eigenvalue weighted by Crippen LogP contribution is -2.41. The van der Waals surface area contributed by atoms with E-state index in [0.717, 1.165) is 10.6 Å². The molecule has 27 heavy (non-hydrogen) atoms. The lowest BCUT2D eigenvalue weighted by molar-refractivity contribution is -0.122. The van der Waals surface area contributed by atoms with Gasteiger partial charge in [-0.25, -0.2) is 13.6 Å². The average Bonchev–Trinajstić information content (AvgIpc) is 3.01. The number of pyridine rings is 1. The third kappa shape index (κ3) is 3.01. The van der Waals surface area contributed by atoms with Gasteiger partial charge in [0.05, 0.1) is 16.9 Å². The van der Waals surface area contributed by atoms with Crippen LogP contribution in [0.4, 0.5) is 8.78 Å². The number of halogens is 2. The molecule has 4 rings (SSSR count). The van der Waals surface area contributed by atoms with Gasteiger partial charge in [0.2, 0.25) is 5.91 Å². The maximum atomic E-state index is 14.1. The van der Waals surface area contributed by atoms with Gasteiger partial charge in [0.25, 0.3) is 5.56 Å². The van der Waals surface area contributed by atoms with Crippen LogP contribution in [0.2, 0.25) is 0 Å². The maximum Gasteiger partial charge on any atom is 0.329 e. The molecule has 0 spiro atoms. The van der Waals surface area contributed by atoms with E-state index in [1.54, 1.807) is 0 Å². The van der Waals surface area contributed by atoms with Crippen molar-refractivity contribution in [1.29, 1.82) is 0 Å². The highest BCUT2D eigenvalue weighted by Crippen LogP contribution is 2.33. The van der Waals surface area contributed by atoms with Crippen molar-refractivity contribution in [2.45, 2.75) is 25.4 Å². The molecule has 0 fully saturated rings. The molecule has 1 aliphatic rings. The van der Waals surface area contributed by atoms with Gasteiger partial charge in [0.1, 0.15) is 18.2 Å². The second-order valence-electron chi connectivity index (χ2n) is 6.36. The second-order valence-corrected chi connectivity index (χ2v) is 6.36. The molecular formula is C18H14F2N4O3. The van der Waals surface area contributed by atoms with Crippen LogP contribution in [0.1, 0.15) is 23.6 Å². The molecule has 0 saturated carbocycles. The Kier molecular flexibility index (Phi) is 4.06. The van der Waals surface area contributed by atoms with Crippen molar-refractivity contribution in [3.05, 3.63) is 74.2 Å². The SMILES string of the molecule is O=C(Cn1c(=O)[nH]c2ccncc2c1=O)N[C@H]1CCc2cc(F)cc(F)c21. The monoisotopic (exact) mass is 372 g/mol. The van der Waals surface area contributed by atoms with Gasteiger partial charge < -0.3 is 10.3 Å². The molecule has 1 aliphatic carbocycles. The van der Waals surface area contributed by atoms with Gasteiger partial charge >= 0.3 is 5.69 Å². The molecule has 7 nitrogen and oxygen atoms in total. The van der Waals surface area contributed by atoms with Crippen LogP contribution in [0.15, 0.2) is 40.2 Å². The van der Waals surface area contributed by atoms with Crippen molar-refractivity contribution in [1.82, 2.24) is 19.9 Å². The van der Waals surface area contributed by atoms with E-state index in [2.05, 4.69) is 15.3 Å². The Bertz CT molecular complexity index is 1190. The van der Waals surface area contributed by atoms with E-state index in [9.17, 15) is 23.2 Å². The van der Waals surface area contributed by atoms with Crippen molar-refractivity contribution < 1.29 is 13.6 Å². The number of rotatable bonds is 3. The zero-order valence-corrected chi connectivity index (χ0v) is 14.0. The fourth-order valence-corrected chi connectivity index (χ4v) is 3.45. The number of carbonyl (C=O) groups is 1. The van der Waals surface area contributed by atoms with Gasteiger partial charge in [0.15, 0.2) is 0 Å². The minimum Gasteiger partial charge on any atom is -0.348 e. The lowest BCUT2D eigenvalue weighted by atomic mass is 10.1. The summed E-state index contributed by atoms with van der Waals surface area (Å²) in [6.45, 7) is -0.520. The summed E-state index contributed by atoms with van der Waals surface area (Å²) >= 11 is 0. The number of H-pyrrole nitrogens is 1. The van der Waals surface area contributed by atoms with Crippen LogP contribution in [-0.4, -0.2) is 20.4 Å². The highest BCUT2D eigenvalue weighted by Gasteiger charge is 2.28. The number of aryl methyl sites for hydroxylation is 1. The number of aromatic amines is 1. The molecule has 2 N–H and O–H groups in total. The summed E-state index contributed by atoms with van der Waals surface area (Å²) < 4.78 is 28.1. The van der Waals surface area contributed by atoms with Crippen LogP contribution in [0.25, 0.3) is 10.9 Å². The Balaban J connectivity index is 1.60. The van der Waals surface area contributed by atoms with Crippen LogP contribution in [-0.2, 0) is 17.8 Å². The second kappa shape index (κ2) is 6.42. The fraction of sp³-hybridized carbons (Fsp3) is 0.222. The average molecular weight is 372 g/mol. The first-order chi connectivity index (χ1) is 12.9. The topological polar surface area (TPSA) is 96.8 Å². The van der Waals surface area contributed by atoms with Crippen molar-refractivity contribution in [3.63, 3.8) is 0 Å². The van der Waals surface area contributed by atoms with Crippen LogP contribution in [0, 0.1) is 11.6 Å². The fourth-order valence-electron chi connectivity index (χ4n) is 3.45. The van der Waals surface area contributed by atoms with E-state index in [-0.39, 0.29) is 10.9 Å². The van der Waals surface area contributed by atoms with Gasteiger partial charge in [-0.2, -0.15) is 0 Å². The van der Waals surface area contributed by atoms with Crippen LogP contribution >= 0.6 is 0 Å². The number of fused-ring (bicyclic) bond motifs is 2. The van der Waals surface area contributed by atoms with Crippen LogP contribution < -0.4 is 16.6 Å². The van der Waals surface area contributed by atoms with Crippen molar-refractivity contribution in [3.8, 4) is 0 Å². The summed E-state index contributed by atoms with van der Waals surface area (Å²) in [6.07, 6.45) is 3.58. The van der Waals surface area contributed by atoms with Gasteiger partial charge in [-0.1, -0.05) is 0 Å². The first-order valence-electron chi connectivity index (χ1n) is 8.28. The predicted octanol–water partition coefficient (Wildman–Crippen LogP) is 1.17. The number of amides is 1. The summed E-state index contributed by atoms with van der Waals surface area (Å²) in [5.74, 6) is -2.01. The number of aromatic nitrogens is 3. The Morgan fingerprint density at radius 1 is 1.33 bits per heavy atom. The standard InChI is InChI=1S/C18H14F2N4O3/c19-10-5-9-1-2-14(16(9)12(20)6-10)22-15(25)8-24-17(26)11-7-21-4-3-13(11)23-18(24)27/h3-7,14H,1-2,8H2,(H,22,25)(H,23,27)/t14-/m0/s1. The predicted molar refractivity (Wildman–Crippen MR) is 92.2 cm³/mol. The molecule has 2 aromatic heterocycles. The van der Waals surface area contributed by atoms with Gasteiger partial charge in [0, 0.05) is 24.0 Å². The Hall–Kier alpha value is -3.36. The third-order valence-electron chi connectivity index (χ3n) is 4.65. The van der Waals surface area contributed by atoms with Crippen molar-refractivity contribution >= 4 is 16.8 Å². The molecule has 0 unspecified atom stereocenters. The summed E-state index contributed by atoms with van der Waals surface area (Å²) in [7, 11) is 0. The quantitative estimate of drug-likeness (QED) is 0.721. The number of nitrogens with one attached hydrogen (secondary N) is 2. The van der Waals surface area contributed by atoms with E-state index >= 15 is 0 Å². The minimum absolute atomic E-state index is 0.178. The molecule has 1 aromatic carbocycles. The molecule has 2 heterocycles. The number of benzene rings is 1. The number of nitrogens with zero attached hydrogens (tertiary/aromatic N) is 2. The van der Waals surface area contributed by atoms with Crippen molar-refractivity contribution in [2.24, 2.45) is 0 Å². The van der Waals surface area contributed by atoms with Crippen LogP contribution in [0.3, 0.4) is 0 Å². The maximum absolute atomic E-state index is 14.1. The highest BCUT2D eigenvalue weighted by molar-refractivity contribution is 5.78. The van der Waals surface area contributed by atoms with Gasteiger partial charge in [-0.05, 0) is 30.5 Å². The van der Waals surface area contributed by atoms with Gasteiger partial charge in [-0.3, -0.25) is 19.1 Å². The molecule has 0 bridgehead atoms. The molecule has 9 heteroatoms. The van der Waals surface area contributed by atoms with Crippen molar-refractivity contribution in [2.75, 3.05) is 0 Å².